The van der Waals surface area contributed by atoms with Crippen LogP contribution in [0.2, 0.25) is 0 Å². The van der Waals surface area contributed by atoms with Crippen LogP contribution in [0, 0.1) is 23.7 Å². The summed E-state index contributed by atoms with van der Waals surface area (Å²) in [5.74, 6) is 2.53. The zero-order valence-electron chi connectivity index (χ0n) is 21.8. The third kappa shape index (κ3) is 4.08. The summed E-state index contributed by atoms with van der Waals surface area (Å²) in [6.07, 6.45) is 18.3. The van der Waals surface area contributed by atoms with Gasteiger partial charge in [-0.3, -0.25) is 14.3 Å². The molecule has 4 aromatic rings. The molecule has 1 fully saturated rings. The molecule has 11 heteroatoms. The molecule has 1 aromatic carbocycles. The van der Waals surface area contributed by atoms with Crippen LogP contribution < -0.4 is 10.2 Å². The summed E-state index contributed by atoms with van der Waals surface area (Å²) in [6, 6.07) is 10.6. The van der Waals surface area contributed by atoms with Gasteiger partial charge in [0.1, 0.15) is 11.4 Å². The first-order valence-electron chi connectivity index (χ1n) is 12.7. The number of piperazine rings is 1. The van der Waals surface area contributed by atoms with Gasteiger partial charge in [-0.1, -0.05) is 18.1 Å². The maximum absolute atomic E-state index is 14.0. The van der Waals surface area contributed by atoms with Crippen molar-refractivity contribution in [1.29, 1.82) is 5.26 Å². The number of nitrogens with zero attached hydrogens (tertiary/aromatic N) is 7. The van der Waals surface area contributed by atoms with Crippen molar-refractivity contribution in [2.45, 2.75) is 22.2 Å². The van der Waals surface area contributed by atoms with E-state index in [1.54, 1.807) is 58.4 Å². The molecule has 40 heavy (non-hydrogen) atoms. The van der Waals surface area contributed by atoms with Crippen molar-refractivity contribution in [2.75, 3.05) is 24.5 Å². The van der Waals surface area contributed by atoms with Crippen LogP contribution in [0.1, 0.15) is 27.9 Å². The third-order valence-corrected chi connectivity index (χ3v) is 9.67. The summed E-state index contributed by atoms with van der Waals surface area (Å²) in [4.78, 5) is 6.60. The minimum atomic E-state index is -3.81. The van der Waals surface area contributed by atoms with Gasteiger partial charge in [0.2, 0.25) is 9.84 Å². The normalized spacial score (nSPS) is 20.5. The van der Waals surface area contributed by atoms with Crippen molar-refractivity contribution < 1.29 is 8.42 Å². The van der Waals surface area contributed by atoms with Crippen molar-refractivity contribution in [3.05, 3.63) is 95.3 Å². The van der Waals surface area contributed by atoms with Gasteiger partial charge in [-0.15, -0.1) is 6.42 Å². The number of allylic oxidation sites excluding steroid dienone is 1. The molecule has 2 aliphatic rings. The second-order valence-corrected chi connectivity index (χ2v) is 12.0. The molecule has 3 aromatic heterocycles. The van der Waals surface area contributed by atoms with Crippen LogP contribution in [0.4, 0.5) is 5.69 Å². The maximum Gasteiger partial charge on any atom is 0.200 e. The van der Waals surface area contributed by atoms with Crippen LogP contribution in [0.5, 0.6) is 0 Å². The van der Waals surface area contributed by atoms with Crippen LogP contribution in [0.25, 0.3) is 6.08 Å². The van der Waals surface area contributed by atoms with E-state index in [4.69, 9.17) is 6.42 Å². The van der Waals surface area contributed by atoms with Gasteiger partial charge in [0.15, 0.2) is 0 Å². The summed E-state index contributed by atoms with van der Waals surface area (Å²) in [6.45, 7) is 1.71. The summed E-state index contributed by atoms with van der Waals surface area (Å²) < 4.78 is 31.6. The summed E-state index contributed by atoms with van der Waals surface area (Å²) in [5, 5.41) is 20.9. The highest BCUT2D eigenvalue weighted by Crippen LogP contribution is 2.44. The average molecular weight is 551 g/mol. The highest BCUT2D eigenvalue weighted by molar-refractivity contribution is 7.92. The molecule has 0 spiro atoms. The first kappa shape index (κ1) is 25.6. The largest absolute Gasteiger partial charge is 0.352 e. The van der Waals surface area contributed by atoms with Crippen LogP contribution in [-0.4, -0.2) is 58.0 Å². The number of anilines is 1. The summed E-state index contributed by atoms with van der Waals surface area (Å²) in [5.41, 5.74) is 3.42. The minimum Gasteiger partial charge on any atom is -0.352 e. The lowest BCUT2D eigenvalue weighted by molar-refractivity contribution is 0.462. The number of hydrogen-bond acceptors (Lipinski definition) is 8. The van der Waals surface area contributed by atoms with Crippen molar-refractivity contribution in [3.8, 4) is 18.4 Å². The Kier molecular flexibility index (Phi) is 6.26. The van der Waals surface area contributed by atoms with Crippen molar-refractivity contribution in [1.82, 2.24) is 29.9 Å². The van der Waals surface area contributed by atoms with Gasteiger partial charge in [-0.25, -0.2) is 8.42 Å². The number of pyridine rings is 1. The number of aromatic nitrogens is 5. The van der Waals surface area contributed by atoms with E-state index in [1.807, 2.05) is 36.4 Å². The number of hydrogen-bond donors (Lipinski definition) is 1. The van der Waals surface area contributed by atoms with E-state index in [2.05, 4.69) is 32.5 Å². The van der Waals surface area contributed by atoms with Gasteiger partial charge < -0.3 is 10.2 Å². The second-order valence-electron chi connectivity index (χ2n) is 9.88. The zero-order chi connectivity index (χ0) is 27.9. The first-order valence-corrected chi connectivity index (χ1v) is 14.3. The predicted molar refractivity (Wildman–Crippen MR) is 150 cm³/mol. The van der Waals surface area contributed by atoms with Crippen molar-refractivity contribution >= 4 is 21.6 Å². The fourth-order valence-corrected chi connectivity index (χ4v) is 7.36. The van der Waals surface area contributed by atoms with Gasteiger partial charge >= 0.3 is 0 Å². The Morgan fingerprint density at radius 2 is 2.08 bits per heavy atom. The van der Waals surface area contributed by atoms with Crippen LogP contribution in [0.15, 0.2) is 72.3 Å². The molecular weight excluding hydrogens is 524 g/mol. The molecule has 2 atom stereocenters. The summed E-state index contributed by atoms with van der Waals surface area (Å²) >= 11 is 0. The Labute approximate surface area is 232 Å². The van der Waals surface area contributed by atoms with Gasteiger partial charge in [0.05, 0.1) is 40.5 Å². The molecule has 2 unspecified atom stereocenters. The lowest BCUT2D eigenvalue weighted by Gasteiger charge is -2.42. The zero-order valence-corrected chi connectivity index (χ0v) is 22.6. The van der Waals surface area contributed by atoms with E-state index in [-0.39, 0.29) is 11.4 Å². The van der Waals surface area contributed by atoms with Crippen LogP contribution in [-0.2, 0) is 28.8 Å². The molecule has 2 aliphatic heterocycles. The number of sulfone groups is 1. The van der Waals surface area contributed by atoms with E-state index in [9.17, 15) is 13.7 Å². The third-order valence-electron chi connectivity index (χ3n) is 7.62. The number of nitrogens with one attached hydrogen (secondary N) is 1. The second kappa shape index (κ2) is 9.79. The Morgan fingerprint density at radius 1 is 1.20 bits per heavy atom. The molecule has 1 saturated heterocycles. The molecule has 5 heterocycles. The molecule has 1 N–H and O–H groups in total. The SMILES string of the molecule is C#Cc1cccc(S(=O)(=O)C2CNCCN2c2ccncc2C2(c3cnn(C)c3)C=Cc3c(C#N)cnn3C2)c1. The Balaban J connectivity index is 1.51. The average Bonchev–Trinajstić information content (AvgIpc) is 3.62. The van der Waals surface area contributed by atoms with E-state index in [1.165, 1.54) is 0 Å². The molecule has 0 bridgehead atoms. The number of aryl methyl sites for hydroxylation is 1. The lowest BCUT2D eigenvalue weighted by Crippen LogP contribution is -2.55. The standard InChI is InChI=1S/C29H26N8O2S/c1-3-21-5-4-6-24(13-21)40(38,39)28-18-32-11-12-36(28)27-8-10-31-17-25(27)29(23-16-33-35(2)19-23)9-7-26-22(14-30)15-34-37(26)20-29/h1,4-10,13,15-17,19,28,32H,11-12,18,20H2,2H3. The van der Waals surface area contributed by atoms with E-state index in [0.29, 0.717) is 30.8 Å². The molecule has 200 valence electrons. The van der Waals surface area contributed by atoms with E-state index in [0.717, 1.165) is 22.5 Å². The Bertz CT molecular complexity index is 1820. The van der Waals surface area contributed by atoms with Gasteiger partial charge in [0.25, 0.3) is 0 Å². The molecule has 0 amide bonds. The Morgan fingerprint density at radius 3 is 2.85 bits per heavy atom. The number of fused-ring (bicyclic) bond motifs is 1. The maximum atomic E-state index is 14.0. The van der Waals surface area contributed by atoms with Crippen LogP contribution >= 0.6 is 0 Å². The lowest BCUT2D eigenvalue weighted by atomic mass is 9.73. The van der Waals surface area contributed by atoms with Gasteiger partial charge in [-0.2, -0.15) is 15.5 Å². The van der Waals surface area contributed by atoms with E-state index < -0.39 is 20.6 Å². The minimum absolute atomic E-state index is 0.182. The smallest absolute Gasteiger partial charge is 0.200 e. The molecule has 6 rings (SSSR count). The number of benzene rings is 1. The quantitative estimate of drug-likeness (QED) is 0.375. The first-order chi connectivity index (χ1) is 19.4. The molecule has 0 saturated carbocycles. The summed E-state index contributed by atoms with van der Waals surface area (Å²) in [7, 11) is -1.96. The topological polar surface area (TPSA) is 122 Å². The fourth-order valence-electron chi connectivity index (χ4n) is 5.60. The van der Waals surface area contributed by atoms with Crippen LogP contribution in [0.3, 0.4) is 0 Å². The predicted octanol–water partition coefficient (Wildman–Crippen LogP) is 2.09. The monoisotopic (exact) mass is 550 g/mol. The molecular formula is C29H26N8O2S. The molecule has 0 radical (unpaired) electrons. The van der Waals surface area contributed by atoms with Gasteiger partial charge in [0, 0.05) is 67.7 Å². The van der Waals surface area contributed by atoms with Gasteiger partial charge in [-0.05, 0) is 30.3 Å². The molecule has 0 aliphatic carbocycles. The molecule has 10 nitrogen and oxygen atoms in total. The number of nitriles is 1. The fraction of sp³-hybridized carbons (Fsp3) is 0.241. The highest BCUT2D eigenvalue weighted by atomic mass is 32.2. The van der Waals surface area contributed by atoms with Crippen molar-refractivity contribution in [2.24, 2.45) is 7.05 Å². The number of terminal acetylenes is 1. The Hall–Kier alpha value is -4.71. The van der Waals surface area contributed by atoms with Crippen molar-refractivity contribution in [3.63, 3.8) is 0 Å². The highest BCUT2D eigenvalue weighted by Gasteiger charge is 2.43. The van der Waals surface area contributed by atoms with E-state index >= 15 is 0 Å². The number of rotatable bonds is 5.